The molecule has 0 spiro atoms. The van der Waals surface area contributed by atoms with Gasteiger partial charge in [-0.1, -0.05) is 0 Å². The molecule has 0 unspecified atom stereocenters. The molecule has 0 aromatic heterocycles. The molecular weight excluding hydrogens is 180 g/mol. The molecule has 0 radical (unpaired) electrons. The Hall–Kier alpha value is -0.610. The van der Waals surface area contributed by atoms with Crippen LogP contribution in [0, 0.1) is 0 Å². The van der Waals surface area contributed by atoms with Crippen LogP contribution in [0.1, 0.15) is 20.3 Å². The number of ether oxygens (including phenoxy) is 1. The van der Waals surface area contributed by atoms with Crippen molar-refractivity contribution in [3.05, 3.63) is 0 Å². The van der Waals surface area contributed by atoms with E-state index in [1.54, 1.807) is 0 Å². The van der Waals surface area contributed by atoms with Crippen molar-refractivity contribution in [1.29, 1.82) is 0 Å². The summed E-state index contributed by atoms with van der Waals surface area (Å²) >= 11 is 0. The summed E-state index contributed by atoms with van der Waals surface area (Å²) in [7, 11) is 5.47. The maximum absolute atomic E-state index is 11.3. The molecule has 0 saturated heterocycles. The molecule has 0 rings (SSSR count). The fraction of sp³-hybridized carbons (Fsp3) is 0.900. The van der Waals surface area contributed by atoms with Gasteiger partial charge in [-0.3, -0.25) is 4.79 Å². The van der Waals surface area contributed by atoms with Crippen molar-refractivity contribution in [2.45, 2.75) is 25.8 Å². The van der Waals surface area contributed by atoms with Crippen molar-refractivity contribution in [3.63, 3.8) is 0 Å². The maximum Gasteiger partial charge on any atom is 0.325 e. The van der Waals surface area contributed by atoms with Crippen LogP contribution in [0.4, 0.5) is 0 Å². The number of esters is 1. The smallest absolute Gasteiger partial charge is 0.325 e. The summed E-state index contributed by atoms with van der Waals surface area (Å²) in [5.74, 6) is -0.220. The Morgan fingerprint density at radius 3 is 2.43 bits per heavy atom. The van der Waals surface area contributed by atoms with Crippen molar-refractivity contribution >= 4 is 5.97 Å². The predicted octanol–water partition coefficient (Wildman–Crippen LogP) is 0.479. The van der Waals surface area contributed by atoms with E-state index in [4.69, 9.17) is 0 Å². The van der Waals surface area contributed by atoms with E-state index in [1.165, 1.54) is 7.11 Å². The minimum absolute atomic E-state index is 0.220. The van der Waals surface area contributed by atoms with Crippen LogP contribution >= 0.6 is 0 Å². The monoisotopic (exact) mass is 202 g/mol. The maximum atomic E-state index is 11.3. The third kappa shape index (κ3) is 5.19. The van der Waals surface area contributed by atoms with E-state index in [0.717, 1.165) is 19.5 Å². The van der Waals surface area contributed by atoms with Gasteiger partial charge in [-0.05, 0) is 47.5 Å². The third-order valence-electron chi connectivity index (χ3n) is 2.04. The number of methoxy groups -OCH3 is 1. The molecule has 0 atom stereocenters. The van der Waals surface area contributed by atoms with Gasteiger partial charge in [0.05, 0.1) is 7.11 Å². The lowest BCUT2D eigenvalue weighted by atomic mass is 10.1. The molecule has 14 heavy (non-hydrogen) atoms. The second-order valence-electron chi connectivity index (χ2n) is 4.20. The molecule has 0 fully saturated rings. The molecule has 0 bridgehead atoms. The Morgan fingerprint density at radius 1 is 1.43 bits per heavy atom. The Morgan fingerprint density at radius 2 is 2.00 bits per heavy atom. The second-order valence-corrected chi connectivity index (χ2v) is 4.20. The van der Waals surface area contributed by atoms with Crippen molar-refractivity contribution < 1.29 is 9.53 Å². The molecule has 0 aromatic rings. The summed E-state index contributed by atoms with van der Waals surface area (Å²) in [6, 6.07) is 0. The molecule has 0 aliphatic heterocycles. The summed E-state index contributed by atoms with van der Waals surface area (Å²) in [4.78, 5) is 13.4. The molecule has 1 N–H and O–H groups in total. The van der Waals surface area contributed by atoms with E-state index in [2.05, 4.69) is 15.0 Å². The van der Waals surface area contributed by atoms with Gasteiger partial charge in [-0.15, -0.1) is 0 Å². The van der Waals surface area contributed by atoms with Crippen LogP contribution < -0.4 is 5.32 Å². The number of hydrogen-bond acceptors (Lipinski definition) is 4. The summed E-state index contributed by atoms with van der Waals surface area (Å²) in [5, 5.41) is 3.16. The minimum atomic E-state index is -0.582. The van der Waals surface area contributed by atoms with Crippen LogP contribution in [0.5, 0.6) is 0 Å². The molecule has 4 nitrogen and oxygen atoms in total. The number of carbonyl (C=O) groups is 1. The number of nitrogens with one attached hydrogen (secondary N) is 1. The zero-order chi connectivity index (χ0) is 11.2. The minimum Gasteiger partial charge on any atom is -0.468 e. The quantitative estimate of drug-likeness (QED) is 0.502. The number of rotatable bonds is 6. The standard InChI is InChI=1S/C10H22N2O2/c1-10(2,9(13)14-5)11-7-6-8-12(3)4/h11H,6-8H2,1-5H3. The molecule has 84 valence electrons. The van der Waals surface area contributed by atoms with Gasteiger partial charge in [-0.2, -0.15) is 0 Å². The topological polar surface area (TPSA) is 41.6 Å². The summed E-state index contributed by atoms with van der Waals surface area (Å²) in [6.07, 6.45) is 1.02. The molecule has 0 amide bonds. The Bertz CT molecular complexity index is 179. The molecule has 0 aliphatic carbocycles. The highest BCUT2D eigenvalue weighted by Gasteiger charge is 2.27. The fourth-order valence-corrected chi connectivity index (χ4v) is 1.12. The predicted molar refractivity (Wildman–Crippen MR) is 57.3 cm³/mol. The van der Waals surface area contributed by atoms with Crippen molar-refractivity contribution in [1.82, 2.24) is 10.2 Å². The number of nitrogens with zero attached hydrogens (tertiary/aromatic N) is 1. The van der Waals surface area contributed by atoms with Gasteiger partial charge in [-0.25, -0.2) is 0 Å². The van der Waals surface area contributed by atoms with E-state index in [9.17, 15) is 4.79 Å². The molecule has 0 aliphatic rings. The highest BCUT2D eigenvalue weighted by atomic mass is 16.5. The molecule has 0 aromatic carbocycles. The SMILES string of the molecule is COC(=O)C(C)(C)NCCCN(C)C. The van der Waals surface area contributed by atoms with Crippen molar-refractivity contribution in [3.8, 4) is 0 Å². The van der Waals surface area contributed by atoms with Gasteiger partial charge in [0, 0.05) is 0 Å². The van der Waals surface area contributed by atoms with Crippen LogP contribution in [0.3, 0.4) is 0 Å². The fourth-order valence-electron chi connectivity index (χ4n) is 1.12. The van der Waals surface area contributed by atoms with Crippen LogP contribution in [-0.4, -0.2) is 50.7 Å². The Labute approximate surface area is 86.6 Å². The van der Waals surface area contributed by atoms with Crippen molar-refractivity contribution in [2.24, 2.45) is 0 Å². The molecular formula is C10H22N2O2. The van der Waals surface area contributed by atoms with Gasteiger partial charge in [0.15, 0.2) is 0 Å². The van der Waals surface area contributed by atoms with E-state index >= 15 is 0 Å². The zero-order valence-electron chi connectivity index (χ0n) is 9.89. The molecule has 4 heteroatoms. The summed E-state index contributed by atoms with van der Waals surface area (Å²) in [6.45, 7) is 5.49. The van der Waals surface area contributed by atoms with Gasteiger partial charge in [0.25, 0.3) is 0 Å². The first-order valence-electron chi connectivity index (χ1n) is 4.88. The highest BCUT2D eigenvalue weighted by molar-refractivity contribution is 5.79. The zero-order valence-corrected chi connectivity index (χ0v) is 9.89. The van der Waals surface area contributed by atoms with Gasteiger partial charge in [0.1, 0.15) is 5.54 Å². The van der Waals surface area contributed by atoms with Crippen LogP contribution in [-0.2, 0) is 9.53 Å². The van der Waals surface area contributed by atoms with E-state index < -0.39 is 5.54 Å². The van der Waals surface area contributed by atoms with Crippen LogP contribution in [0.2, 0.25) is 0 Å². The summed E-state index contributed by atoms with van der Waals surface area (Å²) < 4.78 is 4.68. The summed E-state index contributed by atoms with van der Waals surface area (Å²) in [5.41, 5.74) is -0.582. The van der Waals surface area contributed by atoms with Crippen LogP contribution in [0.25, 0.3) is 0 Å². The van der Waals surface area contributed by atoms with Gasteiger partial charge in [0.2, 0.25) is 0 Å². The van der Waals surface area contributed by atoms with E-state index in [0.29, 0.717) is 0 Å². The molecule has 0 saturated carbocycles. The lowest BCUT2D eigenvalue weighted by molar-refractivity contribution is -0.147. The third-order valence-corrected chi connectivity index (χ3v) is 2.04. The number of hydrogen-bond donors (Lipinski definition) is 1. The van der Waals surface area contributed by atoms with E-state index in [-0.39, 0.29) is 5.97 Å². The lowest BCUT2D eigenvalue weighted by Gasteiger charge is -2.23. The average molecular weight is 202 g/mol. The number of carbonyl (C=O) groups excluding carboxylic acids is 1. The largest absolute Gasteiger partial charge is 0.468 e. The van der Waals surface area contributed by atoms with E-state index in [1.807, 2.05) is 27.9 Å². The first-order valence-corrected chi connectivity index (χ1v) is 4.88. The van der Waals surface area contributed by atoms with Crippen LogP contribution in [0.15, 0.2) is 0 Å². The first-order chi connectivity index (χ1) is 6.40. The lowest BCUT2D eigenvalue weighted by Crippen LogP contribution is -2.48. The van der Waals surface area contributed by atoms with Gasteiger partial charge >= 0.3 is 5.97 Å². The van der Waals surface area contributed by atoms with Gasteiger partial charge < -0.3 is 15.0 Å². The molecule has 0 heterocycles. The Balaban J connectivity index is 3.71. The highest BCUT2D eigenvalue weighted by Crippen LogP contribution is 2.03. The Kier molecular flexibility index (Phi) is 5.72. The first kappa shape index (κ1) is 13.4. The average Bonchev–Trinajstić information content (AvgIpc) is 2.10. The second kappa shape index (κ2) is 5.98. The normalized spacial score (nSPS) is 11.9. The van der Waals surface area contributed by atoms with Crippen molar-refractivity contribution in [2.75, 3.05) is 34.3 Å².